The Bertz CT molecular complexity index is 2430. The van der Waals surface area contributed by atoms with E-state index in [1.807, 2.05) is 0 Å². The maximum Gasteiger partial charge on any atom is 0.0543 e. The number of anilines is 5. The van der Waals surface area contributed by atoms with Crippen molar-refractivity contribution in [1.29, 1.82) is 0 Å². The smallest absolute Gasteiger partial charge is 0.0543 e. The predicted molar refractivity (Wildman–Crippen MR) is 230 cm³/mol. The van der Waals surface area contributed by atoms with Crippen LogP contribution in [-0.2, 0) is 10.8 Å². The van der Waals surface area contributed by atoms with Crippen LogP contribution < -0.4 is 9.80 Å². The van der Waals surface area contributed by atoms with Gasteiger partial charge in [-0.2, -0.15) is 0 Å². The van der Waals surface area contributed by atoms with Gasteiger partial charge in [-0.3, -0.25) is 0 Å². The highest BCUT2D eigenvalue weighted by atomic mass is 15.2. The molecule has 2 heteroatoms. The molecular formula is C52H46N2. The van der Waals surface area contributed by atoms with Gasteiger partial charge in [0, 0.05) is 39.8 Å². The van der Waals surface area contributed by atoms with Crippen molar-refractivity contribution in [3.8, 4) is 33.4 Å². The number of para-hydroxylation sites is 1. The minimum atomic E-state index is -0.136. The molecule has 0 radical (unpaired) electrons. The maximum atomic E-state index is 2.43. The molecule has 7 aromatic carbocycles. The minimum Gasteiger partial charge on any atom is -0.317 e. The molecule has 2 aliphatic heterocycles. The summed E-state index contributed by atoms with van der Waals surface area (Å²) in [6.07, 6.45) is 4.66. The zero-order chi connectivity index (χ0) is 37.2. The Labute approximate surface area is 320 Å². The fourth-order valence-electron chi connectivity index (χ4n) is 8.55. The summed E-state index contributed by atoms with van der Waals surface area (Å²) in [5.74, 6) is 0. The van der Waals surface area contributed by atoms with Crippen LogP contribution in [0.5, 0.6) is 0 Å². The van der Waals surface area contributed by atoms with Crippen LogP contribution in [0.25, 0.3) is 33.4 Å². The van der Waals surface area contributed by atoms with Crippen LogP contribution >= 0.6 is 0 Å². The van der Waals surface area contributed by atoms with Crippen LogP contribution in [0.2, 0.25) is 0 Å². The first-order chi connectivity index (χ1) is 26.1. The number of fused-ring (bicyclic) bond motifs is 2. The third-order valence-electron chi connectivity index (χ3n) is 11.7. The van der Waals surface area contributed by atoms with Crippen molar-refractivity contribution in [2.24, 2.45) is 0 Å². The topological polar surface area (TPSA) is 6.48 Å². The van der Waals surface area contributed by atoms with Gasteiger partial charge in [-0.15, -0.1) is 0 Å². The molecule has 9 rings (SSSR count). The van der Waals surface area contributed by atoms with Gasteiger partial charge in [-0.05, 0) is 106 Å². The quantitative estimate of drug-likeness (QED) is 0.171. The van der Waals surface area contributed by atoms with Gasteiger partial charge in [0.25, 0.3) is 0 Å². The molecular weight excluding hydrogens is 653 g/mol. The van der Waals surface area contributed by atoms with Crippen LogP contribution in [0, 0.1) is 13.8 Å². The molecule has 0 unspecified atom stereocenters. The Balaban J connectivity index is 1.13. The number of benzene rings is 7. The van der Waals surface area contributed by atoms with Crippen molar-refractivity contribution in [2.45, 2.75) is 52.4 Å². The van der Waals surface area contributed by atoms with E-state index in [2.05, 4.69) is 221 Å². The number of hydrogen-bond acceptors (Lipinski definition) is 2. The molecule has 0 fully saturated rings. The van der Waals surface area contributed by atoms with Crippen LogP contribution in [0.3, 0.4) is 0 Å². The van der Waals surface area contributed by atoms with E-state index in [1.165, 1.54) is 72.6 Å². The zero-order valence-electron chi connectivity index (χ0n) is 32.1. The molecule has 264 valence electrons. The number of allylic oxidation sites excluding steroid dienone is 1. The highest BCUT2D eigenvalue weighted by Gasteiger charge is 2.42. The lowest BCUT2D eigenvalue weighted by atomic mass is 9.68. The van der Waals surface area contributed by atoms with E-state index >= 15 is 0 Å². The van der Waals surface area contributed by atoms with Gasteiger partial charge in [0.05, 0.1) is 5.69 Å². The van der Waals surface area contributed by atoms with Gasteiger partial charge < -0.3 is 9.80 Å². The Morgan fingerprint density at radius 2 is 0.889 bits per heavy atom. The van der Waals surface area contributed by atoms with Gasteiger partial charge in [-0.1, -0.05) is 160 Å². The molecule has 0 spiro atoms. The Hall–Kier alpha value is -6.12. The summed E-state index contributed by atoms with van der Waals surface area (Å²) in [6.45, 7) is 13.7. The lowest BCUT2D eigenvalue weighted by molar-refractivity contribution is 0.609. The molecule has 2 aliphatic rings. The summed E-state index contributed by atoms with van der Waals surface area (Å²) in [6, 6.07) is 58.3. The third-order valence-corrected chi connectivity index (χ3v) is 11.7. The fraction of sp³-hybridized carbons (Fsp3) is 0.154. The van der Waals surface area contributed by atoms with Crippen LogP contribution in [-0.4, -0.2) is 0 Å². The Morgan fingerprint density at radius 1 is 0.444 bits per heavy atom. The Morgan fingerprint density at radius 3 is 1.39 bits per heavy atom. The molecule has 0 amide bonds. The van der Waals surface area contributed by atoms with E-state index < -0.39 is 0 Å². The summed E-state index contributed by atoms with van der Waals surface area (Å²) < 4.78 is 0. The monoisotopic (exact) mass is 698 g/mol. The SMILES string of the molecule is Cc1ccc(-c2ccc(N(c3ccc(-c4ccc(C)cc4)cc3)c3ccc(-c4ccc5c6c4C(C)(C)C=CN6c4ccccc4C5(C)C)cc3)cc2)cc1. The summed E-state index contributed by atoms with van der Waals surface area (Å²) in [4.78, 5) is 4.79. The molecule has 2 nitrogen and oxygen atoms in total. The van der Waals surface area contributed by atoms with Gasteiger partial charge in [0.1, 0.15) is 0 Å². The van der Waals surface area contributed by atoms with Gasteiger partial charge in [-0.25, -0.2) is 0 Å². The standard InChI is InChI=1S/C52H46N2/c1-35-11-15-37(16-12-35)39-19-25-42(26-20-39)54(43-27-21-40(22-28-43)38-17-13-36(2)14-18-38)44-29-23-41(24-30-44)45-31-32-47-50-49(45)51(3,4)33-34-53(50)48-10-8-7-9-46(48)52(47,5)6/h7-34H,1-6H3. The molecule has 0 saturated carbocycles. The summed E-state index contributed by atoms with van der Waals surface area (Å²) in [5.41, 5.74) is 19.8. The Kier molecular flexibility index (Phi) is 7.97. The van der Waals surface area contributed by atoms with E-state index in [0.717, 1.165) is 17.1 Å². The lowest BCUT2D eigenvalue weighted by Gasteiger charge is -2.46. The minimum absolute atomic E-state index is 0.106. The van der Waals surface area contributed by atoms with Crippen LogP contribution in [0.1, 0.15) is 55.5 Å². The number of aryl methyl sites for hydroxylation is 2. The maximum absolute atomic E-state index is 2.43. The molecule has 7 aromatic rings. The predicted octanol–water partition coefficient (Wildman–Crippen LogP) is 14.4. The zero-order valence-corrected chi connectivity index (χ0v) is 32.1. The summed E-state index contributed by atoms with van der Waals surface area (Å²) in [7, 11) is 0. The van der Waals surface area contributed by atoms with Crippen LogP contribution in [0.4, 0.5) is 28.4 Å². The van der Waals surface area contributed by atoms with E-state index in [9.17, 15) is 0 Å². The van der Waals surface area contributed by atoms with Crippen molar-refractivity contribution >= 4 is 28.4 Å². The van der Waals surface area contributed by atoms with Crippen molar-refractivity contribution in [3.63, 3.8) is 0 Å². The van der Waals surface area contributed by atoms with E-state index in [1.54, 1.807) is 0 Å². The number of nitrogens with zero attached hydrogens (tertiary/aromatic N) is 2. The van der Waals surface area contributed by atoms with E-state index in [-0.39, 0.29) is 10.8 Å². The third kappa shape index (κ3) is 5.65. The highest BCUT2D eigenvalue weighted by molar-refractivity contribution is 5.90. The first kappa shape index (κ1) is 33.7. The molecule has 0 aromatic heterocycles. The van der Waals surface area contributed by atoms with Crippen molar-refractivity contribution in [2.75, 3.05) is 9.80 Å². The highest BCUT2D eigenvalue weighted by Crippen LogP contribution is 2.56. The lowest BCUT2D eigenvalue weighted by Crippen LogP contribution is -2.35. The van der Waals surface area contributed by atoms with Crippen LogP contribution in [0.15, 0.2) is 170 Å². The fourth-order valence-corrected chi connectivity index (χ4v) is 8.55. The van der Waals surface area contributed by atoms with Gasteiger partial charge in [0.15, 0.2) is 0 Å². The molecule has 0 saturated heterocycles. The van der Waals surface area contributed by atoms with Gasteiger partial charge in [0.2, 0.25) is 0 Å². The number of rotatable bonds is 6. The van der Waals surface area contributed by atoms with Gasteiger partial charge >= 0.3 is 0 Å². The molecule has 54 heavy (non-hydrogen) atoms. The second-order valence-corrected chi connectivity index (χ2v) is 16.1. The summed E-state index contributed by atoms with van der Waals surface area (Å²) in [5, 5.41) is 0. The van der Waals surface area contributed by atoms with Crippen molar-refractivity contribution < 1.29 is 0 Å². The van der Waals surface area contributed by atoms with Crippen molar-refractivity contribution in [1.82, 2.24) is 0 Å². The second kappa shape index (κ2) is 12.8. The first-order valence-electron chi connectivity index (χ1n) is 19.1. The molecule has 0 atom stereocenters. The molecule has 0 bridgehead atoms. The normalized spacial score (nSPS) is 14.7. The summed E-state index contributed by atoms with van der Waals surface area (Å²) >= 11 is 0. The second-order valence-electron chi connectivity index (χ2n) is 16.1. The average Bonchev–Trinajstić information content (AvgIpc) is 3.19. The molecule has 2 heterocycles. The number of hydrogen-bond donors (Lipinski definition) is 0. The average molecular weight is 699 g/mol. The molecule has 0 aliphatic carbocycles. The van der Waals surface area contributed by atoms with E-state index in [4.69, 9.17) is 0 Å². The van der Waals surface area contributed by atoms with Crippen molar-refractivity contribution in [3.05, 3.63) is 198 Å². The van der Waals surface area contributed by atoms with E-state index in [0.29, 0.717) is 0 Å². The largest absolute Gasteiger partial charge is 0.317 e. The molecule has 0 N–H and O–H groups in total. The first-order valence-corrected chi connectivity index (χ1v) is 19.1.